The summed E-state index contributed by atoms with van der Waals surface area (Å²) in [7, 11) is 2.07. The molecule has 0 bridgehead atoms. The van der Waals surface area contributed by atoms with Crippen molar-refractivity contribution in [3.05, 3.63) is 46.4 Å². The number of hydrogen-bond acceptors (Lipinski definition) is 2. The number of benzene rings is 1. The van der Waals surface area contributed by atoms with Gasteiger partial charge in [0.2, 0.25) is 0 Å². The van der Waals surface area contributed by atoms with Crippen LogP contribution >= 0.6 is 12.2 Å². The van der Waals surface area contributed by atoms with Gasteiger partial charge in [-0.15, -0.1) is 0 Å². The second-order valence-corrected chi connectivity index (χ2v) is 6.17. The van der Waals surface area contributed by atoms with Crippen molar-refractivity contribution in [1.29, 1.82) is 0 Å². The van der Waals surface area contributed by atoms with Crippen LogP contribution < -0.4 is 0 Å². The Labute approximate surface area is 128 Å². The SMILES string of the molecule is Cc1ccc(-c2cc3c(=S)n4c(nc3n2C)CCC4)cc1. The third-order valence-corrected chi connectivity index (χ3v) is 4.79. The molecule has 106 valence electrons. The summed E-state index contributed by atoms with van der Waals surface area (Å²) >= 11 is 5.67. The molecule has 4 heteroatoms. The molecule has 3 nitrogen and oxygen atoms in total. The van der Waals surface area contributed by atoms with Crippen molar-refractivity contribution in [2.24, 2.45) is 7.05 Å². The maximum absolute atomic E-state index is 5.67. The lowest BCUT2D eigenvalue weighted by atomic mass is 10.1. The quantitative estimate of drug-likeness (QED) is 0.633. The van der Waals surface area contributed by atoms with Gasteiger partial charge in [-0.25, -0.2) is 4.98 Å². The first-order valence-electron chi connectivity index (χ1n) is 7.31. The molecule has 0 N–H and O–H groups in total. The van der Waals surface area contributed by atoms with Gasteiger partial charge >= 0.3 is 0 Å². The summed E-state index contributed by atoms with van der Waals surface area (Å²) in [6, 6.07) is 10.8. The Bertz CT molecular complexity index is 900. The molecule has 0 saturated heterocycles. The molecule has 0 spiro atoms. The summed E-state index contributed by atoms with van der Waals surface area (Å²) in [6.07, 6.45) is 2.18. The third-order valence-electron chi connectivity index (χ3n) is 4.35. The standard InChI is InChI=1S/C17H17N3S/c1-11-5-7-12(8-6-11)14-10-13-16(19(14)2)18-15-4-3-9-20(15)17(13)21/h5-8,10H,3-4,9H2,1-2H3. The van der Waals surface area contributed by atoms with Crippen molar-refractivity contribution in [3.63, 3.8) is 0 Å². The van der Waals surface area contributed by atoms with E-state index in [1.54, 1.807) is 0 Å². The van der Waals surface area contributed by atoms with Gasteiger partial charge in [0, 0.05) is 20.0 Å². The number of nitrogens with zero attached hydrogens (tertiary/aromatic N) is 3. The molecule has 0 aliphatic carbocycles. The molecule has 0 fully saturated rings. The Morgan fingerprint density at radius 3 is 2.71 bits per heavy atom. The molecule has 1 aromatic carbocycles. The van der Waals surface area contributed by atoms with Gasteiger partial charge in [0.05, 0.1) is 11.1 Å². The lowest BCUT2D eigenvalue weighted by Gasteiger charge is -2.06. The van der Waals surface area contributed by atoms with Crippen molar-refractivity contribution < 1.29 is 0 Å². The van der Waals surface area contributed by atoms with Crippen LogP contribution in [0.1, 0.15) is 17.8 Å². The first-order valence-corrected chi connectivity index (χ1v) is 7.72. The van der Waals surface area contributed by atoms with E-state index in [0.717, 1.165) is 40.9 Å². The minimum Gasteiger partial charge on any atom is -0.328 e. The van der Waals surface area contributed by atoms with Crippen molar-refractivity contribution >= 4 is 23.3 Å². The van der Waals surface area contributed by atoms with E-state index in [1.807, 2.05) is 0 Å². The third kappa shape index (κ3) is 1.86. The van der Waals surface area contributed by atoms with E-state index in [0.29, 0.717) is 0 Å². The molecule has 3 heterocycles. The second-order valence-electron chi connectivity index (χ2n) is 5.78. The number of aromatic nitrogens is 3. The zero-order valence-corrected chi connectivity index (χ0v) is 13.1. The number of aryl methyl sites for hydroxylation is 3. The zero-order chi connectivity index (χ0) is 14.6. The maximum atomic E-state index is 5.67. The molecule has 1 aliphatic heterocycles. The first kappa shape index (κ1) is 12.8. The van der Waals surface area contributed by atoms with E-state index in [-0.39, 0.29) is 0 Å². The highest BCUT2D eigenvalue weighted by Gasteiger charge is 2.17. The molecule has 1 aliphatic rings. The molecule has 3 aromatic rings. The number of hydrogen-bond donors (Lipinski definition) is 0. The molecule has 2 aromatic heterocycles. The Balaban J connectivity index is 2.00. The summed E-state index contributed by atoms with van der Waals surface area (Å²) in [4.78, 5) is 4.84. The highest BCUT2D eigenvalue weighted by Crippen LogP contribution is 2.29. The summed E-state index contributed by atoms with van der Waals surface area (Å²) in [5.74, 6) is 1.13. The summed E-state index contributed by atoms with van der Waals surface area (Å²) in [6.45, 7) is 3.11. The fraction of sp³-hybridized carbons (Fsp3) is 0.294. The molecular formula is C17H17N3S. The lowest BCUT2D eigenvalue weighted by Crippen LogP contribution is -2.03. The molecule has 0 saturated carbocycles. The first-order chi connectivity index (χ1) is 10.1. The maximum Gasteiger partial charge on any atom is 0.145 e. The van der Waals surface area contributed by atoms with Gasteiger partial charge < -0.3 is 9.13 Å². The summed E-state index contributed by atoms with van der Waals surface area (Å²) in [5, 5.41) is 1.09. The van der Waals surface area contributed by atoms with Gasteiger partial charge in [-0.05, 0) is 25.0 Å². The molecular weight excluding hydrogens is 278 g/mol. The van der Waals surface area contributed by atoms with E-state index >= 15 is 0 Å². The van der Waals surface area contributed by atoms with Crippen molar-refractivity contribution in [2.45, 2.75) is 26.3 Å². The number of rotatable bonds is 1. The van der Waals surface area contributed by atoms with Crippen LogP contribution in [0.3, 0.4) is 0 Å². The summed E-state index contributed by atoms with van der Waals surface area (Å²) < 4.78 is 5.28. The zero-order valence-electron chi connectivity index (χ0n) is 12.3. The highest BCUT2D eigenvalue weighted by atomic mass is 32.1. The molecule has 0 amide bonds. The van der Waals surface area contributed by atoms with Crippen LogP contribution in [-0.4, -0.2) is 14.1 Å². The van der Waals surface area contributed by atoms with E-state index in [2.05, 4.69) is 53.4 Å². The van der Waals surface area contributed by atoms with Gasteiger partial charge in [-0.2, -0.15) is 0 Å². The van der Waals surface area contributed by atoms with E-state index in [1.165, 1.54) is 16.8 Å². The average molecular weight is 295 g/mol. The molecule has 21 heavy (non-hydrogen) atoms. The predicted octanol–water partition coefficient (Wildman–Crippen LogP) is 4.03. The Morgan fingerprint density at radius 2 is 1.95 bits per heavy atom. The van der Waals surface area contributed by atoms with Crippen molar-refractivity contribution in [2.75, 3.05) is 0 Å². The van der Waals surface area contributed by atoms with Crippen LogP contribution in [0.25, 0.3) is 22.3 Å². The van der Waals surface area contributed by atoms with E-state index in [4.69, 9.17) is 17.2 Å². The van der Waals surface area contributed by atoms with Crippen LogP contribution in [0.5, 0.6) is 0 Å². The molecule has 0 unspecified atom stereocenters. The smallest absolute Gasteiger partial charge is 0.145 e. The van der Waals surface area contributed by atoms with Crippen LogP contribution in [0.2, 0.25) is 0 Å². The largest absolute Gasteiger partial charge is 0.328 e. The number of fused-ring (bicyclic) bond motifs is 2. The topological polar surface area (TPSA) is 22.8 Å². The minimum absolute atomic E-state index is 0.932. The van der Waals surface area contributed by atoms with Gasteiger partial charge in [0.15, 0.2) is 0 Å². The molecule has 0 radical (unpaired) electrons. The van der Waals surface area contributed by atoms with Gasteiger partial charge in [0.1, 0.15) is 16.1 Å². The van der Waals surface area contributed by atoms with Gasteiger partial charge in [0.25, 0.3) is 0 Å². The normalized spacial score (nSPS) is 13.8. The van der Waals surface area contributed by atoms with Crippen LogP contribution in [0.4, 0.5) is 0 Å². The average Bonchev–Trinajstić information content (AvgIpc) is 3.07. The Kier molecular flexibility index (Phi) is 2.76. The van der Waals surface area contributed by atoms with E-state index in [9.17, 15) is 0 Å². The van der Waals surface area contributed by atoms with Crippen LogP contribution in [0.15, 0.2) is 30.3 Å². The summed E-state index contributed by atoms with van der Waals surface area (Å²) in [5.41, 5.74) is 4.66. The fourth-order valence-electron chi connectivity index (χ4n) is 3.15. The second kappa shape index (κ2) is 4.53. The monoisotopic (exact) mass is 295 g/mol. The minimum atomic E-state index is 0.932. The van der Waals surface area contributed by atoms with Crippen molar-refractivity contribution in [3.8, 4) is 11.3 Å². The highest BCUT2D eigenvalue weighted by molar-refractivity contribution is 7.71. The van der Waals surface area contributed by atoms with Gasteiger partial charge in [-0.1, -0.05) is 42.0 Å². The molecule has 4 rings (SSSR count). The predicted molar refractivity (Wildman–Crippen MR) is 88.0 cm³/mol. The Hall–Kier alpha value is -1.94. The lowest BCUT2D eigenvalue weighted by molar-refractivity contribution is 0.732. The van der Waals surface area contributed by atoms with Gasteiger partial charge in [-0.3, -0.25) is 0 Å². The van der Waals surface area contributed by atoms with Crippen molar-refractivity contribution in [1.82, 2.24) is 14.1 Å². The fourth-order valence-corrected chi connectivity index (χ4v) is 3.50. The Morgan fingerprint density at radius 1 is 1.19 bits per heavy atom. The van der Waals surface area contributed by atoms with E-state index < -0.39 is 0 Å². The molecule has 0 atom stereocenters. The van der Waals surface area contributed by atoms with Crippen LogP contribution in [-0.2, 0) is 20.0 Å². The van der Waals surface area contributed by atoms with Crippen LogP contribution in [0, 0.1) is 11.6 Å².